The van der Waals surface area contributed by atoms with Gasteiger partial charge in [0.05, 0.1) is 34.1 Å². The van der Waals surface area contributed by atoms with Gasteiger partial charge in [0.2, 0.25) is 11.8 Å². The Labute approximate surface area is 327 Å². The number of alkyl halides is 6. The number of nitrogens with zero attached hydrogens (tertiary/aromatic N) is 1. The van der Waals surface area contributed by atoms with Crippen molar-refractivity contribution in [3.8, 4) is 5.75 Å². The number of anilines is 1. The molecule has 0 spiro atoms. The Morgan fingerprint density at radius 2 is 1.28 bits per heavy atom. The standard InChI is InChI=1S/C46H31F6NO5/c47-45(48,49)26-19-27(46(50,51)52)21-28(20-26)53-42(57)33-16-15-32-35(39(33)43(53)58)22-36-41(56)34(24-9-3-1-4-10-24)23-38(55)44(36,25-11-5-2-6-12-25)40(32)31-17-18-37(54)30-14-8-7-13-29(30)31/h1-15,17-21,23,33,35-36,39-40,54H,16,22H2. The van der Waals surface area contributed by atoms with E-state index in [0.717, 1.165) is 0 Å². The number of carbonyl (C=O) groups excluding carboxylic acids is 4. The zero-order chi connectivity index (χ0) is 40.9. The fraction of sp³-hybridized carbons (Fsp3) is 0.217. The summed E-state index contributed by atoms with van der Waals surface area (Å²) >= 11 is 0. The van der Waals surface area contributed by atoms with Crippen molar-refractivity contribution in [2.24, 2.45) is 23.7 Å². The number of ketones is 2. The maximum absolute atomic E-state index is 15.3. The van der Waals surface area contributed by atoms with Gasteiger partial charge in [0.15, 0.2) is 11.6 Å². The van der Waals surface area contributed by atoms with Gasteiger partial charge in [-0.2, -0.15) is 26.3 Å². The number of hydrogen-bond donors (Lipinski definition) is 1. The first-order valence-electron chi connectivity index (χ1n) is 18.6. The fourth-order valence-corrected chi connectivity index (χ4v) is 10.1. The molecular formula is C46H31F6NO5. The maximum Gasteiger partial charge on any atom is 0.416 e. The van der Waals surface area contributed by atoms with E-state index in [1.165, 1.54) is 12.1 Å². The Hall–Kier alpha value is -6.30. The van der Waals surface area contributed by atoms with Crippen molar-refractivity contribution in [2.75, 3.05) is 4.90 Å². The molecule has 6 nitrogen and oxygen atoms in total. The third kappa shape index (κ3) is 5.48. The van der Waals surface area contributed by atoms with Gasteiger partial charge in [0.1, 0.15) is 5.75 Å². The van der Waals surface area contributed by atoms with Crippen LogP contribution in [0, 0.1) is 23.7 Å². The lowest BCUT2D eigenvalue weighted by Gasteiger charge is -2.55. The smallest absolute Gasteiger partial charge is 0.416 e. The van der Waals surface area contributed by atoms with Crippen LogP contribution in [0.2, 0.25) is 0 Å². The zero-order valence-corrected chi connectivity index (χ0v) is 30.2. The topological polar surface area (TPSA) is 91.8 Å². The van der Waals surface area contributed by atoms with Gasteiger partial charge in [-0.15, -0.1) is 0 Å². The molecule has 3 aliphatic carbocycles. The molecule has 1 saturated carbocycles. The summed E-state index contributed by atoms with van der Waals surface area (Å²) in [4.78, 5) is 59.8. The highest BCUT2D eigenvalue weighted by molar-refractivity contribution is 6.32. The van der Waals surface area contributed by atoms with E-state index in [9.17, 15) is 41.0 Å². The Morgan fingerprint density at radius 1 is 0.672 bits per heavy atom. The maximum atomic E-state index is 15.3. The fourth-order valence-electron chi connectivity index (χ4n) is 10.1. The number of imide groups is 1. The predicted octanol–water partition coefficient (Wildman–Crippen LogP) is 9.61. The van der Waals surface area contributed by atoms with Gasteiger partial charge in [0, 0.05) is 22.8 Å². The number of aromatic hydroxyl groups is 1. The van der Waals surface area contributed by atoms with Crippen LogP contribution in [-0.4, -0.2) is 28.5 Å². The number of phenols is 1. The highest BCUT2D eigenvalue weighted by atomic mass is 19.4. The van der Waals surface area contributed by atoms with Crippen LogP contribution in [0.15, 0.2) is 133 Å². The molecule has 1 N–H and O–H groups in total. The number of allylic oxidation sites excluding steroid dienone is 4. The molecule has 0 bridgehead atoms. The third-order valence-electron chi connectivity index (χ3n) is 12.5. The lowest BCUT2D eigenvalue weighted by Crippen LogP contribution is -2.58. The normalized spacial score (nSPS) is 25.9. The lowest BCUT2D eigenvalue weighted by atomic mass is 9.44. The molecular weight excluding hydrogens is 760 g/mol. The van der Waals surface area contributed by atoms with E-state index in [-0.39, 0.29) is 36.0 Å². The number of phenolic OH excluding ortho intramolecular Hbond substituents is 1. The molecule has 2 amide bonds. The van der Waals surface area contributed by atoms with E-state index in [2.05, 4.69) is 0 Å². The molecule has 292 valence electrons. The minimum absolute atomic E-state index is 0.0430. The number of halogens is 6. The van der Waals surface area contributed by atoms with Crippen molar-refractivity contribution in [3.63, 3.8) is 0 Å². The van der Waals surface area contributed by atoms with Gasteiger partial charge in [-0.25, -0.2) is 4.90 Å². The molecule has 6 atom stereocenters. The van der Waals surface area contributed by atoms with E-state index in [1.54, 1.807) is 97.1 Å². The summed E-state index contributed by atoms with van der Waals surface area (Å²) in [7, 11) is 0. The summed E-state index contributed by atoms with van der Waals surface area (Å²) in [6.45, 7) is 0. The van der Waals surface area contributed by atoms with E-state index in [4.69, 9.17) is 0 Å². The summed E-state index contributed by atoms with van der Waals surface area (Å²) in [5, 5.41) is 12.0. The number of hydrogen-bond acceptors (Lipinski definition) is 5. The number of Topliss-reactive ketones (excluding diaryl/α,β-unsaturated/α-hetero) is 1. The minimum atomic E-state index is -5.23. The van der Waals surface area contributed by atoms with Crippen molar-refractivity contribution in [3.05, 3.63) is 161 Å². The average molecular weight is 792 g/mol. The second kappa shape index (κ2) is 13.1. The number of rotatable bonds is 4. The number of amides is 2. The Bertz CT molecular complexity index is 2600. The summed E-state index contributed by atoms with van der Waals surface area (Å²) < 4.78 is 83.9. The van der Waals surface area contributed by atoms with Gasteiger partial charge in [0.25, 0.3) is 0 Å². The molecule has 0 aromatic heterocycles. The summed E-state index contributed by atoms with van der Waals surface area (Å²) in [5.41, 5.74) is -3.58. The van der Waals surface area contributed by atoms with E-state index >= 15 is 9.59 Å². The second-order valence-electron chi connectivity index (χ2n) is 15.3. The molecule has 1 saturated heterocycles. The van der Waals surface area contributed by atoms with Gasteiger partial charge >= 0.3 is 12.4 Å². The Morgan fingerprint density at radius 3 is 1.91 bits per heavy atom. The zero-order valence-electron chi connectivity index (χ0n) is 30.2. The molecule has 58 heavy (non-hydrogen) atoms. The minimum Gasteiger partial charge on any atom is -0.507 e. The Balaban J connectivity index is 1.28. The average Bonchev–Trinajstić information content (AvgIpc) is 3.47. The molecule has 12 heteroatoms. The van der Waals surface area contributed by atoms with Crippen molar-refractivity contribution in [2.45, 2.75) is 36.5 Å². The van der Waals surface area contributed by atoms with E-state index in [0.29, 0.717) is 50.1 Å². The number of benzene rings is 5. The number of fused-ring (bicyclic) bond motifs is 5. The van der Waals surface area contributed by atoms with Crippen LogP contribution >= 0.6 is 0 Å². The van der Waals surface area contributed by atoms with Crippen LogP contribution in [0.5, 0.6) is 5.75 Å². The van der Waals surface area contributed by atoms with Crippen molar-refractivity contribution in [1.29, 1.82) is 0 Å². The highest BCUT2D eigenvalue weighted by Crippen LogP contribution is 2.64. The lowest BCUT2D eigenvalue weighted by molar-refractivity contribution is -0.143. The SMILES string of the molecule is O=C1C(c2ccccc2)=CC(=O)C2(c3ccccc3)C1CC1C(=CCC3C(=O)N(c4cc(C(F)(F)F)cc(C(F)(F)F)c4)C(=O)C31)C2c1ccc(O)c2ccccc12. The highest BCUT2D eigenvalue weighted by Gasteiger charge is 2.66. The van der Waals surface area contributed by atoms with Gasteiger partial charge < -0.3 is 5.11 Å². The Kier molecular flexibility index (Phi) is 8.43. The third-order valence-corrected chi connectivity index (χ3v) is 12.5. The second-order valence-corrected chi connectivity index (χ2v) is 15.3. The van der Waals surface area contributed by atoms with Crippen LogP contribution in [0.1, 0.15) is 46.6 Å². The first kappa shape index (κ1) is 37.3. The molecule has 5 aromatic carbocycles. The van der Waals surface area contributed by atoms with Crippen LogP contribution in [0.4, 0.5) is 32.0 Å². The summed E-state index contributed by atoms with van der Waals surface area (Å²) in [5.74, 6) is -8.31. The van der Waals surface area contributed by atoms with Gasteiger partial charge in [-0.3, -0.25) is 19.2 Å². The summed E-state index contributed by atoms with van der Waals surface area (Å²) in [6, 6.07) is 28.2. The van der Waals surface area contributed by atoms with Crippen LogP contribution in [-0.2, 0) is 36.9 Å². The number of carbonyl (C=O) groups is 4. The van der Waals surface area contributed by atoms with Crippen molar-refractivity contribution < 1.29 is 50.6 Å². The van der Waals surface area contributed by atoms with Crippen molar-refractivity contribution in [1.82, 2.24) is 0 Å². The first-order valence-corrected chi connectivity index (χ1v) is 18.6. The van der Waals surface area contributed by atoms with E-state index in [1.807, 2.05) is 0 Å². The van der Waals surface area contributed by atoms with Crippen molar-refractivity contribution >= 4 is 45.4 Å². The molecule has 9 rings (SSSR count). The molecule has 2 fully saturated rings. The molecule has 5 aromatic rings. The monoisotopic (exact) mass is 791 g/mol. The van der Waals surface area contributed by atoms with Crippen LogP contribution < -0.4 is 4.90 Å². The molecule has 1 aliphatic heterocycles. The molecule has 4 aliphatic rings. The quantitative estimate of drug-likeness (QED) is 0.111. The van der Waals surface area contributed by atoms with Crippen LogP contribution in [0.25, 0.3) is 16.3 Å². The predicted molar refractivity (Wildman–Crippen MR) is 201 cm³/mol. The molecule has 6 unspecified atom stereocenters. The van der Waals surface area contributed by atoms with Gasteiger partial charge in [-0.1, -0.05) is 103 Å². The van der Waals surface area contributed by atoms with Gasteiger partial charge in [-0.05, 0) is 71.2 Å². The molecule has 1 heterocycles. The first-order chi connectivity index (χ1) is 27.6. The van der Waals surface area contributed by atoms with Crippen LogP contribution in [0.3, 0.4) is 0 Å². The van der Waals surface area contributed by atoms with E-state index < -0.39 is 81.8 Å². The summed E-state index contributed by atoms with van der Waals surface area (Å²) in [6.07, 6.45) is -7.60. The largest absolute Gasteiger partial charge is 0.507 e. The molecule has 0 radical (unpaired) electrons.